The van der Waals surface area contributed by atoms with Gasteiger partial charge in [0.15, 0.2) is 11.5 Å². The fourth-order valence-corrected chi connectivity index (χ4v) is 3.91. The first-order chi connectivity index (χ1) is 16.1. The van der Waals surface area contributed by atoms with Crippen molar-refractivity contribution in [2.45, 2.75) is 20.3 Å². The maximum absolute atomic E-state index is 5.28. The quantitative estimate of drug-likeness (QED) is 0.366. The molecule has 0 bridgehead atoms. The van der Waals surface area contributed by atoms with Crippen LogP contribution in [0.25, 0.3) is 16.9 Å². The first kappa shape index (κ1) is 22.7. The summed E-state index contributed by atoms with van der Waals surface area (Å²) >= 11 is 0. The van der Waals surface area contributed by atoms with Crippen LogP contribution in [-0.4, -0.2) is 64.8 Å². The maximum atomic E-state index is 5.28. The van der Waals surface area contributed by atoms with Gasteiger partial charge in [-0.25, -0.2) is 14.5 Å². The number of benzene rings is 1. The summed E-state index contributed by atoms with van der Waals surface area (Å²) in [6.07, 6.45) is 2.53. The Morgan fingerprint density at radius 1 is 0.970 bits per heavy atom. The zero-order chi connectivity index (χ0) is 23.2. The van der Waals surface area contributed by atoms with E-state index in [1.807, 2.05) is 53.2 Å². The minimum Gasteiger partial charge on any atom is -0.497 e. The second-order valence-electron chi connectivity index (χ2n) is 8.09. The molecular weight excluding hydrogens is 412 g/mol. The van der Waals surface area contributed by atoms with Gasteiger partial charge in [0.2, 0.25) is 0 Å². The van der Waals surface area contributed by atoms with Crippen LogP contribution >= 0.6 is 0 Å². The highest BCUT2D eigenvalue weighted by Gasteiger charge is 2.11. The van der Waals surface area contributed by atoms with E-state index in [-0.39, 0.29) is 0 Å². The van der Waals surface area contributed by atoms with E-state index in [4.69, 9.17) is 14.8 Å². The molecule has 0 aliphatic carbocycles. The van der Waals surface area contributed by atoms with Crippen molar-refractivity contribution in [3.05, 3.63) is 72.2 Å². The van der Waals surface area contributed by atoms with Crippen LogP contribution in [-0.2, 0) is 6.42 Å². The molecule has 3 aromatic heterocycles. The highest BCUT2D eigenvalue weighted by atomic mass is 16.5. The molecule has 4 aromatic rings. The number of anilines is 1. The average molecular weight is 445 g/mol. The molecule has 3 heterocycles. The van der Waals surface area contributed by atoms with Gasteiger partial charge < -0.3 is 14.5 Å². The Labute approximate surface area is 195 Å². The molecule has 0 fully saturated rings. The van der Waals surface area contributed by atoms with E-state index in [2.05, 4.69) is 47.8 Å². The van der Waals surface area contributed by atoms with Crippen molar-refractivity contribution in [3.8, 4) is 17.0 Å². The van der Waals surface area contributed by atoms with Gasteiger partial charge >= 0.3 is 0 Å². The summed E-state index contributed by atoms with van der Waals surface area (Å²) in [4.78, 5) is 14.0. The van der Waals surface area contributed by atoms with Crippen molar-refractivity contribution in [1.29, 1.82) is 0 Å². The van der Waals surface area contributed by atoms with Gasteiger partial charge in [0.25, 0.3) is 0 Å². The van der Waals surface area contributed by atoms with Crippen LogP contribution in [0.5, 0.6) is 5.75 Å². The van der Waals surface area contributed by atoms with Crippen LogP contribution in [0.3, 0.4) is 0 Å². The van der Waals surface area contributed by atoms with E-state index in [1.165, 1.54) is 0 Å². The highest BCUT2D eigenvalue weighted by Crippen LogP contribution is 2.23. The summed E-state index contributed by atoms with van der Waals surface area (Å²) in [5.41, 5.74) is 4.06. The third-order valence-electron chi connectivity index (χ3n) is 6.00. The normalized spacial score (nSPS) is 11.3. The molecule has 0 spiro atoms. The molecular formula is C26H32N6O. The van der Waals surface area contributed by atoms with E-state index >= 15 is 0 Å². The van der Waals surface area contributed by atoms with Crippen LogP contribution in [0.1, 0.15) is 25.2 Å². The van der Waals surface area contributed by atoms with E-state index in [1.54, 1.807) is 7.11 Å². The number of aromatic nitrogens is 4. The van der Waals surface area contributed by atoms with E-state index in [0.717, 1.165) is 66.0 Å². The molecule has 0 saturated heterocycles. The number of methoxy groups -OCH3 is 1. The smallest absolute Gasteiger partial charge is 0.156 e. The fourth-order valence-electron chi connectivity index (χ4n) is 3.91. The standard InChI is InChI=1S/C26H32N6O/c1-5-31(6-2)17-16-30(3)26-19-20(14-15-27-26)18-24-28-25-9-7-8-23(32(25)29-24)21-10-12-22(33-4)13-11-21/h7-15,19H,5-6,16-18H2,1-4H3. The number of ether oxygens (including phenoxy) is 1. The number of fused-ring (bicyclic) bond motifs is 1. The molecule has 0 N–H and O–H groups in total. The molecule has 0 amide bonds. The van der Waals surface area contributed by atoms with E-state index < -0.39 is 0 Å². The van der Waals surface area contributed by atoms with E-state index in [9.17, 15) is 0 Å². The van der Waals surface area contributed by atoms with E-state index in [0.29, 0.717) is 6.42 Å². The SMILES string of the molecule is CCN(CC)CCN(C)c1cc(Cc2nc3cccc(-c4ccc(OC)cc4)n3n2)ccn1. The molecule has 7 heteroatoms. The van der Waals surface area contributed by atoms with Crippen LogP contribution < -0.4 is 9.64 Å². The average Bonchev–Trinajstić information content (AvgIpc) is 3.27. The second kappa shape index (κ2) is 10.4. The summed E-state index contributed by atoms with van der Waals surface area (Å²) in [5, 5.41) is 4.82. The minimum absolute atomic E-state index is 0.656. The van der Waals surface area contributed by atoms with Gasteiger partial charge in [0, 0.05) is 38.3 Å². The number of hydrogen-bond acceptors (Lipinski definition) is 6. The molecule has 0 aliphatic rings. The second-order valence-corrected chi connectivity index (χ2v) is 8.09. The summed E-state index contributed by atoms with van der Waals surface area (Å²) in [7, 11) is 3.77. The molecule has 33 heavy (non-hydrogen) atoms. The number of nitrogens with zero attached hydrogens (tertiary/aromatic N) is 6. The predicted molar refractivity (Wildman–Crippen MR) is 133 cm³/mol. The lowest BCUT2D eigenvalue weighted by Crippen LogP contribution is -2.33. The number of pyridine rings is 2. The molecule has 0 unspecified atom stereocenters. The largest absolute Gasteiger partial charge is 0.497 e. The lowest BCUT2D eigenvalue weighted by molar-refractivity contribution is 0.311. The number of hydrogen-bond donors (Lipinski definition) is 0. The minimum atomic E-state index is 0.656. The first-order valence-corrected chi connectivity index (χ1v) is 11.5. The van der Waals surface area contributed by atoms with Crippen LogP contribution in [0.2, 0.25) is 0 Å². The Balaban J connectivity index is 1.53. The Kier molecular flexibility index (Phi) is 7.19. The Morgan fingerprint density at radius 3 is 2.48 bits per heavy atom. The van der Waals surface area contributed by atoms with Crippen LogP contribution in [0.4, 0.5) is 5.82 Å². The van der Waals surface area contributed by atoms with Crippen LogP contribution in [0.15, 0.2) is 60.8 Å². The molecule has 1 aromatic carbocycles. The van der Waals surface area contributed by atoms with Crippen molar-refractivity contribution in [3.63, 3.8) is 0 Å². The lowest BCUT2D eigenvalue weighted by Gasteiger charge is -2.24. The first-order valence-electron chi connectivity index (χ1n) is 11.5. The zero-order valence-electron chi connectivity index (χ0n) is 19.9. The molecule has 0 radical (unpaired) electrons. The Bertz CT molecular complexity index is 1180. The van der Waals surface area contributed by atoms with Crippen LogP contribution in [0, 0.1) is 0 Å². The summed E-state index contributed by atoms with van der Waals surface area (Å²) in [6.45, 7) is 8.49. The molecule has 4 rings (SSSR count). The van der Waals surface area contributed by atoms with Crippen molar-refractivity contribution in [2.24, 2.45) is 0 Å². The van der Waals surface area contributed by atoms with Crippen molar-refractivity contribution in [2.75, 3.05) is 45.2 Å². The van der Waals surface area contributed by atoms with Gasteiger partial charge in [-0.2, -0.15) is 5.10 Å². The van der Waals surface area contributed by atoms with Gasteiger partial charge in [-0.05, 0) is 67.2 Å². The summed E-state index contributed by atoms with van der Waals surface area (Å²) in [5.74, 6) is 2.60. The third kappa shape index (κ3) is 5.31. The molecule has 172 valence electrons. The Hall–Kier alpha value is -3.45. The van der Waals surface area contributed by atoms with Crippen molar-refractivity contribution in [1.82, 2.24) is 24.5 Å². The van der Waals surface area contributed by atoms with Crippen molar-refractivity contribution < 1.29 is 4.74 Å². The van der Waals surface area contributed by atoms with Crippen molar-refractivity contribution >= 4 is 11.5 Å². The molecule has 0 atom stereocenters. The number of rotatable bonds is 10. The zero-order valence-corrected chi connectivity index (χ0v) is 19.9. The Morgan fingerprint density at radius 2 is 1.76 bits per heavy atom. The van der Waals surface area contributed by atoms with Gasteiger partial charge in [0.1, 0.15) is 11.6 Å². The topological polar surface area (TPSA) is 58.8 Å². The molecule has 0 aliphatic heterocycles. The summed E-state index contributed by atoms with van der Waals surface area (Å²) < 4.78 is 7.19. The maximum Gasteiger partial charge on any atom is 0.156 e. The third-order valence-corrected chi connectivity index (χ3v) is 6.00. The summed E-state index contributed by atoms with van der Waals surface area (Å²) in [6, 6.07) is 18.2. The predicted octanol–water partition coefficient (Wildman–Crippen LogP) is 4.17. The van der Waals surface area contributed by atoms with Gasteiger partial charge in [-0.15, -0.1) is 0 Å². The van der Waals surface area contributed by atoms with Gasteiger partial charge in [-0.1, -0.05) is 19.9 Å². The van der Waals surface area contributed by atoms with Gasteiger partial charge in [0.05, 0.1) is 12.8 Å². The highest BCUT2D eigenvalue weighted by molar-refractivity contribution is 5.63. The molecule has 0 saturated carbocycles. The lowest BCUT2D eigenvalue weighted by atomic mass is 10.1. The molecule has 7 nitrogen and oxygen atoms in total. The fraction of sp³-hybridized carbons (Fsp3) is 0.346. The van der Waals surface area contributed by atoms with Gasteiger partial charge in [-0.3, -0.25) is 0 Å². The monoisotopic (exact) mass is 444 g/mol. The number of likely N-dealkylation sites (N-methyl/N-ethyl adjacent to an activating group) is 2.